The van der Waals surface area contributed by atoms with Crippen LogP contribution >= 0.6 is 0 Å². The number of carbonyl (C=O) groups excluding carboxylic acids is 1. The zero-order chi connectivity index (χ0) is 26.7. The molecule has 37 heavy (non-hydrogen) atoms. The SMILES string of the molecule is CCCCn1cc(-c2cc(F)c(OC3CCN(C(=O)OC(C)(C)C)CC3)c(F)c2)c2ccncc2c1=O. The molecule has 0 bridgehead atoms. The van der Waals surface area contributed by atoms with Crippen molar-refractivity contribution in [2.45, 2.75) is 71.6 Å². The molecule has 0 unspecified atom stereocenters. The highest BCUT2D eigenvalue weighted by Gasteiger charge is 2.29. The first-order valence-electron chi connectivity index (χ1n) is 12.7. The summed E-state index contributed by atoms with van der Waals surface area (Å²) >= 11 is 0. The van der Waals surface area contributed by atoms with Crippen LogP contribution in [0.4, 0.5) is 13.6 Å². The van der Waals surface area contributed by atoms with E-state index in [4.69, 9.17) is 9.47 Å². The van der Waals surface area contributed by atoms with E-state index in [0.29, 0.717) is 54.4 Å². The van der Waals surface area contributed by atoms with Gasteiger partial charge in [0.25, 0.3) is 5.56 Å². The molecule has 9 heteroatoms. The molecule has 0 atom stereocenters. The maximum Gasteiger partial charge on any atom is 0.410 e. The maximum absolute atomic E-state index is 15.2. The number of rotatable bonds is 6. The van der Waals surface area contributed by atoms with Crippen LogP contribution in [0.1, 0.15) is 53.4 Å². The highest BCUT2D eigenvalue weighted by molar-refractivity contribution is 5.95. The van der Waals surface area contributed by atoms with Crippen LogP contribution < -0.4 is 10.3 Å². The van der Waals surface area contributed by atoms with E-state index in [1.165, 1.54) is 18.3 Å². The van der Waals surface area contributed by atoms with E-state index in [2.05, 4.69) is 4.98 Å². The number of aromatic nitrogens is 2. The second-order valence-corrected chi connectivity index (χ2v) is 10.4. The van der Waals surface area contributed by atoms with Crippen molar-refractivity contribution in [3.05, 3.63) is 58.8 Å². The van der Waals surface area contributed by atoms with E-state index in [9.17, 15) is 9.59 Å². The number of amides is 1. The molecule has 3 heterocycles. The number of carbonyl (C=O) groups is 1. The Hall–Kier alpha value is -3.49. The average Bonchev–Trinajstić information content (AvgIpc) is 2.85. The van der Waals surface area contributed by atoms with Gasteiger partial charge < -0.3 is 18.9 Å². The molecule has 3 aromatic rings. The molecule has 1 fully saturated rings. The Morgan fingerprint density at radius 2 is 1.81 bits per heavy atom. The molecule has 198 valence electrons. The summed E-state index contributed by atoms with van der Waals surface area (Å²) in [6, 6.07) is 4.14. The first kappa shape index (κ1) is 26.6. The Labute approximate surface area is 215 Å². The van der Waals surface area contributed by atoms with Gasteiger partial charge in [0.2, 0.25) is 0 Å². The first-order chi connectivity index (χ1) is 17.6. The van der Waals surface area contributed by atoms with Crippen molar-refractivity contribution in [1.29, 1.82) is 0 Å². The Kier molecular flexibility index (Phi) is 7.80. The maximum atomic E-state index is 15.2. The van der Waals surface area contributed by atoms with Gasteiger partial charge in [0, 0.05) is 56.6 Å². The van der Waals surface area contributed by atoms with Crippen LogP contribution in [0.3, 0.4) is 0 Å². The largest absolute Gasteiger partial charge is 0.484 e. The Morgan fingerprint density at radius 3 is 2.43 bits per heavy atom. The van der Waals surface area contributed by atoms with E-state index >= 15 is 8.78 Å². The summed E-state index contributed by atoms with van der Waals surface area (Å²) < 4.78 is 43.1. The Balaban J connectivity index is 1.56. The highest BCUT2D eigenvalue weighted by atomic mass is 19.1. The predicted molar refractivity (Wildman–Crippen MR) is 138 cm³/mol. The van der Waals surface area contributed by atoms with Crippen molar-refractivity contribution >= 4 is 16.9 Å². The van der Waals surface area contributed by atoms with Gasteiger partial charge in [0.05, 0.1) is 5.39 Å². The molecule has 0 spiro atoms. The summed E-state index contributed by atoms with van der Waals surface area (Å²) in [6.07, 6.45) is 6.41. The number of benzene rings is 1. The molecule has 7 nitrogen and oxygen atoms in total. The quantitative estimate of drug-likeness (QED) is 0.409. The fraction of sp³-hybridized carbons (Fsp3) is 0.464. The topological polar surface area (TPSA) is 73.7 Å². The third-order valence-electron chi connectivity index (χ3n) is 6.33. The second-order valence-electron chi connectivity index (χ2n) is 10.4. The Bertz CT molecular complexity index is 1320. The zero-order valence-electron chi connectivity index (χ0n) is 21.7. The van der Waals surface area contributed by atoms with Crippen LogP contribution in [0.15, 0.2) is 41.6 Å². The summed E-state index contributed by atoms with van der Waals surface area (Å²) in [5.74, 6) is -2.08. The lowest BCUT2D eigenvalue weighted by Gasteiger charge is -2.33. The summed E-state index contributed by atoms with van der Waals surface area (Å²) in [6.45, 7) is 8.68. The van der Waals surface area contributed by atoms with Gasteiger partial charge in [-0.25, -0.2) is 13.6 Å². The van der Waals surface area contributed by atoms with Crippen molar-refractivity contribution < 1.29 is 23.0 Å². The predicted octanol–water partition coefficient (Wildman–Crippen LogP) is 5.92. The van der Waals surface area contributed by atoms with Crippen molar-refractivity contribution in [2.24, 2.45) is 0 Å². The number of hydrogen-bond acceptors (Lipinski definition) is 5. The smallest absolute Gasteiger partial charge is 0.410 e. The highest BCUT2D eigenvalue weighted by Crippen LogP contribution is 2.33. The van der Waals surface area contributed by atoms with E-state index in [0.717, 1.165) is 12.8 Å². The number of piperidine rings is 1. The van der Waals surface area contributed by atoms with Crippen molar-refractivity contribution in [2.75, 3.05) is 13.1 Å². The molecule has 1 aliphatic rings. The summed E-state index contributed by atoms with van der Waals surface area (Å²) in [5, 5.41) is 0.976. The molecule has 0 aliphatic carbocycles. The van der Waals surface area contributed by atoms with E-state index in [1.807, 2.05) is 6.92 Å². The number of hydrogen-bond donors (Lipinski definition) is 0. The normalized spacial score (nSPS) is 14.7. The molecule has 0 N–H and O–H groups in total. The summed E-state index contributed by atoms with van der Waals surface area (Å²) in [7, 11) is 0. The number of nitrogens with zero attached hydrogens (tertiary/aromatic N) is 3. The van der Waals surface area contributed by atoms with Crippen LogP contribution in [-0.4, -0.2) is 45.3 Å². The minimum Gasteiger partial charge on any atom is -0.484 e. The third-order valence-corrected chi connectivity index (χ3v) is 6.33. The van der Waals surface area contributed by atoms with Gasteiger partial charge in [0.1, 0.15) is 11.7 Å². The minimum atomic E-state index is -0.821. The van der Waals surface area contributed by atoms with E-state index < -0.39 is 35.2 Å². The number of pyridine rings is 2. The Morgan fingerprint density at radius 1 is 1.14 bits per heavy atom. The van der Waals surface area contributed by atoms with Crippen LogP contribution in [0.5, 0.6) is 5.75 Å². The molecule has 1 amide bonds. The number of fused-ring (bicyclic) bond motifs is 1. The van der Waals surface area contributed by atoms with Gasteiger partial charge in [0.15, 0.2) is 17.4 Å². The molecule has 1 aromatic carbocycles. The molecule has 0 saturated carbocycles. The first-order valence-corrected chi connectivity index (χ1v) is 12.7. The second kappa shape index (κ2) is 10.9. The lowest BCUT2D eigenvalue weighted by Crippen LogP contribution is -2.44. The number of aryl methyl sites for hydroxylation is 1. The number of unbranched alkanes of at least 4 members (excludes halogenated alkanes) is 1. The van der Waals surface area contributed by atoms with Gasteiger partial charge in [-0.15, -0.1) is 0 Å². The average molecular weight is 514 g/mol. The molecule has 4 rings (SSSR count). The fourth-order valence-electron chi connectivity index (χ4n) is 4.44. The summed E-state index contributed by atoms with van der Waals surface area (Å²) in [4.78, 5) is 30.8. The van der Waals surface area contributed by atoms with E-state index in [-0.39, 0.29) is 5.56 Å². The van der Waals surface area contributed by atoms with Crippen molar-refractivity contribution in [3.63, 3.8) is 0 Å². The number of halogens is 2. The monoisotopic (exact) mass is 513 g/mol. The van der Waals surface area contributed by atoms with Crippen LogP contribution in [0.2, 0.25) is 0 Å². The van der Waals surface area contributed by atoms with Crippen molar-refractivity contribution in [1.82, 2.24) is 14.5 Å². The van der Waals surface area contributed by atoms with Gasteiger partial charge in [-0.1, -0.05) is 13.3 Å². The van der Waals surface area contributed by atoms with Crippen LogP contribution in [0, 0.1) is 11.6 Å². The number of ether oxygens (including phenoxy) is 2. The molecule has 1 saturated heterocycles. The lowest BCUT2D eigenvalue weighted by atomic mass is 10.0. The third kappa shape index (κ3) is 6.09. The fourth-order valence-corrected chi connectivity index (χ4v) is 4.44. The van der Waals surface area contributed by atoms with Crippen LogP contribution in [-0.2, 0) is 11.3 Å². The zero-order valence-corrected chi connectivity index (χ0v) is 21.7. The van der Waals surface area contributed by atoms with Gasteiger partial charge >= 0.3 is 6.09 Å². The van der Waals surface area contributed by atoms with E-state index in [1.54, 1.807) is 48.7 Å². The van der Waals surface area contributed by atoms with Gasteiger partial charge in [-0.3, -0.25) is 9.78 Å². The molecular weight excluding hydrogens is 480 g/mol. The molecular formula is C28H33F2N3O4. The van der Waals surface area contributed by atoms with Gasteiger partial charge in [-0.05, 0) is 56.3 Å². The standard InChI is InChI=1S/C28H33F2N3O4/c1-5-6-11-33-17-22(20-7-10-31-16-21(20)26(33)34)18-14-23(29)25(24(30)15-18)36-19-8-12-32(13-9-19)27(35)37-28(2,3)4/h7,10,14-17,19H,5-6,8-9,11-13H2,1-4H3. The van der Waals surface area contributed by atoms with Crippen molar-refractivity contribution in [3.8, 4) is 16.9 Å². The van der Waals surface area contributed by atoms with Crippen LogP contribution in [0.25, 0.3) is 21.9 Å². The number of likely N-dealkylation sites (tertiary alicyclic amines) is 1. The molecule has 2 aromatic heterocycles. The summed E-state index contributed by atoms with van der Waals surface area (Å²) in [5.41, 5.74) is 0.0781. The molecule has 1 aliphatic heterocycles. The lowest BCUT2D eigenvalue weighted by molar-refractivity contribution is 0.0119. The van der Waals surface area contributed by atoms with Gasteiger partial charge in [-0.2, -0.15) is 0 Å². The minimum absolute atomic E-state index is 0.182. The molecule has 0 radical (unpaired) electrons.